The Morgan fingerprint density at radius 3 is 2.71 bits per heavy atom. The maximum Gasteiger partial charge on any atom is 0.277 e. The average molecular weight is 397 g/mol. The number of aromatic nitrogens is 4. The standard InChI is InChI=1S/C19H16FN5O2S/c1-11-12(2)21-18-22-19(23-25(18)16(11)26)24(10-13-6-5-9-28-13)17(27)14-7-3-4-8-15(14)20/h3-9H,10H2,1-2H3,(H,21,22,23). The number of rotatable bonds is 4. The van der Waals surface area contributed by atoms with Crippen molar-refractivity contribution in [2.75, 3.05) is 4.90 Å². The van der Waals surface area contributed by atoms with Crippen molar-refractivity contribution in [3.8, 4) is 0 Å². The summed E-state index contributed by atoms with van der Waals surface area (Å²) < 4.78 is 15.4. The summed E-state index contributed by atoms with van der Waals surface area (Å²) in [6, 6.07) is 9.49. The fourth-order valence-electron chi connectivity index (χ4n) is 2.79. The minimum Gasteiger partial charge on any atom is -0.272 e. The van der Waals surface area contributed by atoms with E-state index in [0.29, 0.717) is 11.3 Å². The van der Waals surface area contributed by atoms with Crippen LogP contribution < -0.4 is 10.5 Å². The van der Waals surface area contributed by atoms with E-state index >= 15 is 0 Å². The fourth-order valence-corrected chi connectivity index (χ4v) is 3.49. The lowest BCUT2D eigenvalue weighted by atomic mass is 10.2. The van der Waals surface area contributed by atoms with Crippen molar-refractivity contribution in [2.24, 2.45) is 0 Å². The normalized spacial score (nSPS) is 11.1. The molecule has 0 radical (unpaired) electrons. The molecule has 3 aromatic heterocycles. The van der Waals surface area contributed by atoms with Crippen molar-refractivity contribution >= 4 is 29.0 Å². The molecule has 7 nitrogen and oxygen atoms in total. The molecular weight excluding hydrogens is 381 g/mol. The first-order valence-electron chi connectivity index (χ1n) is 8.50. The Hall–Kier alpha value is -3.33. The number of nitrogens with zero attached hydrogens (tertiary/aromatic N) is 4. The zero-order chi connectivity index (χ0) is 19.8. The highest BCUT2D eigenvalue weighted by Crippen LogP contribution is 2.21. The van der Waals surface area contributed by atoms with Crippen LogP contribution in [0.4, 0.5) is 10.3 Å². The number of thiophene rings is 1. The van der Waals surface area contributed by atoms with Gasteiger partial charge in [0.05, 0.1) is 12.1 Å². The summed E-state index contributed by atoms with van der Waals surface area (Å²) in [5, 5.41) is 4.72. The van der Waals surface area contributed by atoms with Crippen molar-refractivity contribution in [3.63, 3.8) is 0 Å². The van der Waals surface area contributed by atoms with Gasteiger partial charge in [0.2, 0.25) is 5.95 Å². The molecule has 0 bridgehead atoms. The Kier molecular flexibility index (Phi) is 4.52. The lowest BCUT2D eigenvalue weighted by Gasteiger charge is -2.19. The summed E-state index contributed by atoms with van der Waals surface area (Å²) in [6.45, 7) is 3.57. The summed E-state index contributed by atoms with van der Waals surface area (Å²) in [4.78, 5) is 36.4. The van der Waals surface area contributed by atoms with E-state index in [4.69, 9.17) is 0 Å². The monoisotopic (exact) mass is 397 g/mol. The van der Waals surface area contributed by atoms with Gasteiger partial charge in [0.15, 0.2) is 0 Å². The van der Waals surface area contributed by atoms with Crippen LogP contribution in [0.3, 0.4) is 0 Å². The van der Waals surface area contributed by atoms with E-state index in [9.17, 15) is 14.0 Å². The van der Waals surface area contributed by atoms with Gasteiger partial charge in [0.1, 0.15) is 5.82 Å². The smallest absolute Gasteiger partial charge is 0.272 e. The van der Waals surface area contributed by atoms with Gasteiger partial charge < -0.3 is 0 Å². The Balaban J connectivity index is 1.85. The van der Waals surface area contributed by atoms with Gasteiger partial charge in [-0.25, -0.2) is 9.37 Å². The van der Waals surface area contributed by atoms with E-state index in [2.05, 4.69) is 15.1 Å². The van der Waals surface area contributed by atoms with E-state index in [1.54, 1.807) is 19.9 Å². The number of amides is 1. The van der Waals surface area contributed by atoms with Crippen LogP contribution in [0.5, 0.6) is 0 Å². The first-order valence-corrected chi connectivity index (χ1v) is 9.38. The quantitative estimate of drug-likeness (QED) is 0.574. The molecule has 28 heavy (non-hydrogen) atoms. The molecule has 9 heteroatoms. The number of hydrogen-bond donors (Lipinski definition) is 1. The van der Waals surface area contributed by atoms with Crippen molar-refractivity contribution in [1.29, 1.82) is 0 Å². The van der Waals surface area contributed by atoms with Crippen LogP contribution in [0.25, 0.3) is 5.78 Å². The van der Waals surface area contributed by atoms with Crippen molar-refractivity contribution in [1.82, 2.24) is 19.6 Å². The first-order chi connectivity index (χ1) is 13.5. The third kappa shape index (κ3) is 3.09. The largest absolute Gasteiger partial charge is 0.277 e. The second-order valence-electron chi connectivity index (χ2n) is 6.26. The molecule has 1 aromatic carbocycles. The van der Waals surface area contributed by atoms with Gasteiger partial charge in [-0.15, -0.1) is 11.3 Å². The number of benzene rings is 1. The number of aryl methyl sites for hydroxylation is 1. The van der Waals surface area contributed by atoms with Crippen molar-refractivity contribution in [2.45, 2.75) is 20.4 Å². The fraction of sp³-hybridized carbons (Fsp3) is 0.158. The van der Waals surface area contributed by atoms with Crippen LogP contribution in [0.2, 0.25) is 0 Å². The molecule has 0 aliphatic heterocycles. The third-order valence-corrected chi connectivity index (χ3v) is 5.31. The number of aromatic amines is 1. The van der Waals surface area contributed by atoms with Crippen molar-refractivity contribution < 1.29 is 9.18 Å². The first kappa shape index (κ1) is 18.1. The van der Waals surface area contributed by atoms with Gasteiger partial charge >= 0.3 is 0 Å². The van der Waals surface area contributed by atoms with Crippen molar-refractivity contribution in [3.05, 3.63) is 79.6 Å². The molecule has 0 spiro atoms. The molecule has 0 aliphatic carbocycles. The third-order valence-electron chi connectivity index (χ3n) is 4.45. The van der Waals surface area contributed by atoms with Crippen LogP contribution in [-0.2, 0) is 6.54 Å². The minimum atomic E-state index is -0.623. The summed E-state index contributed by atoms with van der Waals surface area (Å²) in [5.41, 5.74) is 0.675. The highest BCUT2D eigenvalue weighted by atomic mass is 32.1. The predicted octanol–water partition coefficient (Wildman–Crippen LogP) is 3.08. The molecule has 3 heterocycles. The molecule has 4 aromatic rings. The topological polar surface area (TPSA) is 83.4 Å². The summed E-state index contributed by atoms with van der Waals surface area (Å²) >= 11 is 1.46. The van der Waals surface area contributed by atoms with E-state index in [0.717, 1.165) is 4.88 Å². The zero-order valence-electron chi connectivity index (χ0n) is 15.1. The average Bonchev–Trinajstić information content (AvgIpc) is 3.34. The van der Waals surface area contributed by atoms with Gasteiger partial charge in [-0.05, 0) is 37.4 Å². The van der Waals surface area contributed by atoms with Gasteiger partial charge in [-0.2, -0.15) is 9.50 Å². The molecule has 1 amide bonds. The van der Waals surface area contributed by atoms with Crippen LogP contribution in [-0.4, -0.2) is 25.5 Å². The number of anilines is 1. The van der Waals surface area contributed by atoms with E-state index in [-0.39, 0.29) is 29.4 Å². The minimum absolute atomic E-state index is 0.0767. The van der Waals surface area contributed by atoms with Gasteiger partial charge in [-0.3, -0.25) is 19.6 Å². The molecule has 142 valence electrons. The van der Waals surface area contributed by atoms with Crippen LogP contribution >= 0.6 is 11.3 Å². The SMILES string of the molecule is Cc1nc2nc(N(Cc3cccs3)C(=O)c3ccccc3F)[nH]n2c(=O)c1C. The molecular formula is C19H16FN5O2S. The summed E-state index contributed by atoms with van der Waals surface area (Å²) in [5.74, 6) is -0.911. The Morgan fingerprint density at radius 1 is 1.21 bits per heavy atom. The Bertz CT molecular complexity index is 1230. The van der Waals surface area contributed by atoms with E-state index in [1.165, 1.54) is 39.0 Å². The molecule has 0 aliphatic rings. The van der Waals surface area contributed by atoms with Crippen LogP contribution in [0.1, 0.15) is 26.5 Å². The molecule has 0 saturated carbocycles. The molecule has 0 atom stereocenters. The highest BCUT2D eigenvalue weighted by Gasteiger charge is 2.25. The lowest BCUT2D eigenvalue weighted by molar-refractivity contribution is 0.0980. The number of H-pyrrole nitrogens is 1. The molecule has 4 rings (SSSR count). The summed E-state index contributed by atoms with van der Waals surface area (Å²) in [6.07, 6.45) is 0. The zero-order valence-corrected chi connectivity index (χ0v) is 16.0. The number of nitrogens with one attached hydrogen (secondary N) is 1. The molecule has 0 unspecified atom stereocenters. The highest BCUT2D eigenvalue weighted by molar-refractivity contribution is 7.09. The van der Waals surface area contributed by atoms with Gasteiger partial charge in [-0.1, -0.05) is 18.2 Å². The molecule has 0 saturated heterocycles. The summed E-state index contributed by atoms with van der Waals surface area (Å²) in [7, 11) is 0. The van der Waals surface area contributed by atoms with Crippen LogP contribution in [0, 0.1) is 19.7 Å². The maximum absolute atomic E-state index is 14.2. The van der Waals surface area contributed by atoms with Crippen LogP contribution in [0.15, 0.2) is 46.6 Å². The predicted molar refractivity (Wildman–Crippen MR) is 104 cm³/mol. The molecule has 1 N–H and O–H groups in total. The van der Waals surface area contributed by atoms with Gasteiger partial charge in [0, 0.05) is 16.1 Å². The number of carbonyl (C=O) groups excluding carboxylic acids is 1. The Labute approximate surface area is 163 Å². The number of halogens is 1. The number of hydrogen-bond acceptors (Lipinski definition) is 5. The van der Waals surface area contributed by atoms with E-state index in [1.807, 2.05) is 17.5 Å². The maximum atomic E-state index is 14.2. The second-order valence-corrected chi connectivity index (χ2v) is 7.29. The number of fused-ring (bicyclic) bond motifs is 1. The number of carbonyl (C=O) groups is 1. The molecule has 0 fully saturated rings. The van der Waals surface area contributed by atoms with Gasteiger partial charge in [0.25, 0.3) is 17.2 Å². The Morgan fingerprint density at radius 2 is 2.00 bits per heavy atom. The lowest BCUT2D eigenvalue weighted by Crippen LogP contribution is -2.32. The van der Waals surface area contributed by atoms with E-state index < -0.39 is 11.7 Å². The second kappa shape index (κ2) is 7.01.